The van der Waals surface area contributed by atoms with Gasteiger partial charge >= 0.3 is 6.18 Å². The van der Waals surface area contributed by atoms with Crippen molar-refractivity contribution in [2.24, 2.45) is 11.8 Å². The van der Waals surface area contributed by atoms with E-state index >= 15 is 0 Å². The summed E-state index contributed by atoms with van der Waals surface area (Å²) in [7, 11) is 0. The van der Waals surface area contributed by atoms with E-state index in [1.807, 2.05) is 5.43 Å². The van der Waals surface area contributed by atoms with Gasteiger partial charge < -0.3 is 0 Å². The summed E-state index contributed by atoms with van der Waals surface area (Å²) in [6.07, 6.45) is -5.17. The van der Waals surface area contributed by atoms with Gasteiger partial charge in [-0.05, 0) is 6.42 Å². The molecule has 0 saturated heterocycles. The van der Waals surface area contributed by atoms with Gasteiger partial charge in [0.2, 0.25) is 11.8 Å². The zero-order valence-electron chi connectivity index (χ0n) is 11.5. The topological polar surface area (TPSA) is 66.9 Å². The Balaban J connectivity index is 2.02. The Bertz CT molecular complexity index is 583. The van der Waals surface area contributed by atoms with Crippen LogP contribution in [0.2, 0.25) is 5.15 Å². The molecule has 2 unspecified atom stereocenters. The van der Waals surface area contributed by atoms with E-state index in [1.54, 1.807) is 0 Å². The molecule has 0 spiro atoms. The zero-order chi connectivity index (χ0) is 17.3. The molecule has 1 aliphatic rings. The quantitative estimate of drug-likeness (QED) is 0.643. The minimum absolute atomic E-state index is 0.0440. The minimum Gasteiger partial charge on any atom is -0.279 e. The van der Waals surface area contributed by atoms with Crippen molar-refractivity contribution in [1.82, 2.24) is 15.4 Å². The average molecular weight is 359 g/mol. The maximum atomic E-state index is 13.5. The molecule has 1 saturated carbocycles. The zero-order valence-corrected chi connectivity index (χ0v) is 12.3. The third-order valence-electron chi connectivity index (χ3n) is 3.45. The van der Waals surface area contributed by atoms with Crippen LogP contribution >= 0.6 is 11.6 Å². The molecule has 0 aliphatic heterocycles. The van der Waals surface area contributed by atoms with Gasteiger partial charge in [0.1, 0.15) is 0 Å². The molecule has 1 aromatic rings. The van der Waals surface area contributed by atoms with Crippen molar-refractivity contribution < 1.29 is 26.7 Å². The van der Waals surface area contributed by atoms with Gasteiger partial charge in [-0.15, -0.1) is 0 Å². The lowest BCUT2D eigenvalue weighted by molar-refractivity contribution is -0.213. The highest BCUT2D eigenvalue weighted by Gasteiger charge is 2.52. The Kier molecular flexibility index (Phi) is 4.92. The number of nitrogens with one attached hydrogen (secondary N) is 2. The summed E-state index contributed by atoms with van der Waals surface area (Å²) in [5, 5.41) is -0.0880. The first-order valence-corrected chi connectivity index (χ1v) is 6.93. The smallest absolute Gasteiger partial charge is 0.279 e. The summed E-state index contributed by atoms with van der Waals surface area (Å²) < 4.78 is 65.1. The van der Waals surface area contributed by atoms with Gasteiger partial charge in [0.15, 0.2) is 11.0 Å². The second kappa shape index (κ2) is 6.42. The summed E-state index contributed by atoms with van der Waals surface area (Å²) >= 11 is 5.67. The first kappa shape index (κ1) is 17.6. The molecule has 11 heteroatoms. The van der Waals surface area contributed by atoms with E-state index in [-0.39, 0.29) is 11.0 Å². The van der Waals surface area contributed by atoms with Crippen LogP contribution in [0.3, 0.4) is 0 Å². The van der Waals surface area contributed by atoms with Crippen molar-refractivity contribution in [3.8, 4) is 0 Å². The van der Waals surface area contributed by atoms with Crippen LogP contribution in [-0.2, 0) is 4.79 Å². The fraction of sp³-hybridized carbons (Fsp3) is 0.583. The molecule has 2 rings (SSSR count). The molecule has 0 radical (unpaired) electrons. The van der Waals surface area contributed by atoms with E-state index in [1.165, 1.54) is 12.4 Å². The fourth-order valence-electron chi connectivity index (χ4n) is 2.39. The van der Waals surface area contributed by atoms with Crippen molar-refractivity contribution in [2.45, 2.75) is 31.4 Å². The van der Waals surface area contributed by atoms with Crippen LogP contribution in [0.25, 0.3) is 0 Å². The highest BCUT2D eigenvalue weighted by atomic mass is 35.5. The van der Waals surface area contributed by atoms with Gasteiger partial charge in [-0.2, -0.15) is 13.2 Å². The number of hydrogen-bond donors (Lipinski definition) is 2. The number of carbonyl (C=O) groups is 1. The fourth-order valence-corrected chi connectivity index (χ4v) is 2.54. The third kappa shape index (κ3) is 4.63. The number of hydrazine groups is 1. The normalized spacial score (nSPS) is 24.1. The second-order valence-electron chi connectivity index (χ2n) is 5.25. The Hall–Kier alpha value is -1.71. The Labute approximate surface area is 132 Å². The van der Waals surface area contributed by atoms with E-state index < -0.39 is 49.1 Å². The maximum absolute atomic E-state index is 13.5. The number of anilines is 1. The predicted molar refractivity (Wildman–Crippen MR) is 70.6 cm³/mol. The molecule has 0 aromatic carbocycles. The summed E-state index contributed by atoms with van der Waals surface area (Å²) in [5.74, 6) is -8.28. The SMILES string of the molecule is O=C(NNc1nccnc1Cl)C1CC(C(F)(F)F)CC(F)(F)C1. The van der Waals surface area contributed by atoms with Gasteiger partial charge in [0.05, 0.1) is 5.92 Å². The van der Waals surface area contributed by atoms with Crippen molar-refractivity contribution in [1.29, 1.82) is 0 Å². The number of alkyl halides is 5. The van der Waals surface area contributed by atoms with Gasteiger partial charge in [-0.1, -0.05) is 11.6 Å². The number of rotatable bonds is 3. The summed E-state index contributed by atoms with van der Waals surface area (Å²) in [5.41, 5.74) is 4.30. The van der Waals surface area contributed by atoms with Gasteiger partial charge in [-0.3, -0.25) is 15.6 Å². The van der Waals surface area contributed by atoms with Crippen LogP contribution in [0.15, 0.2) is 12.4 Å². The van der Waals surface area contributed by atoms with E-state index in [0.717, 1.165) is 0 Å². The molecule has 2 N–H and O–H groups in total. The largest absolute Gasteiger partial charge is 0.392 e. The lowest BCUT2D eigenvalue weighted by atomic mass is 9.78. The van der Waals surface area contributed by atoms with Crippen molar-refractivity contribution in [3.05, 3.63) is 17.5 Å². The number of halogens is 6. The maximum Gasteiger partial charge on any atom is 0.392 e. The van der Waals surface area contributed by atoms with Crippen LogP contribution in [-0.4, -0.2) is 28.0 Å². The van der Waals surface area contributed by atoms with Crippen molar-refractivity contribution in [3.63, 3.8) is 0 Å². The van der Waals surface area contributed by atoms with Gasteiger partial charge in [0.25, 0.3) is 0 Å². The summed E-state index contributed by atoms with van der Waals surface area (Å²) in [6.45, 7) is 0. The number of aromatic nitrogens is 2. The molecule has 1 amide bonds. The first-order valence-electron chi connectivity index (χ1n) is 6.55. The van der Waals surface area contributed by atoms with E-state index in [0.29, 0.717) is 0 Å². The molecular weight excluding hydrogens is 347 g/mol. The minimum atomic E-state index is -4.77. The van der Waals surface area contributed by atoms with Crippen LogP contribution in [0.5, 0.6) is 0 Å². The Morgan fingerprint density at radius 2 is 1.91 bits per heavy atom. The summed E-state index contributed by atoms with van der Waals surface area (Å²) in [6, 6.07) is 0. The van der Waals surface area contributed by atoms with Crippen molar-refractivity contribution in [2.75, 3.05) is 5.43 Å². The van der Waals surface area contributed by atoms with Gasteiger partial charge in [-0.25, -0.2) is 18.7 Å². The molecule has 0 bridgehead atoms. The lowest BCUT2D eigenvalue weighted by Gasteiger charge is -2.34. The Morgan fingerprint density at radius 3 is 2.52 bits per heavy atom. The molecule has 128 valence electrons. The van der Waals surface area contributed by atoms with Gasteiger partial charge in [0, 0.05) is 31.2 Å². The van der Waals surface area contributed by atoms with E-state index in [9.17, 15) is 26.7 Å². The molecule has 1 aliphatic carbocycles. The lowest BCUT2D eigenvalue weighted by Crippen LogP contribution is -2.45. The number of amides is 1. The standard InChI is InChI=1S/C12H12ClF5N4O/c13-8-9(20-2-1-19-8)21-22-10(23)6-3-7(12(16,17)18)5-11(14,15)4-6/h1-2,6-7H,3-5H2,(H,20,21)(H,22,23). The van der Waals surface area contributed by atoms with Crippen LogP contribution in [0.4, 0.5) is 27.8 Å². The highest BCUT2D eigenvalue weighted by Crippen LogP contribution is 2.46. The third-order valence-corrected chi connectivity index (χ3v) is 3.73. The second-order valence-corrected chi connectivity index (χ2v) is 5.60. The average Bonchev–Trinajstić information content (AvgIpc) is 2.43. The molecule has 5 nitrogen and oxygen atoms in total. The molecule has 1 fully saturated rings. The molecular formula is C12H12ClF5N4O. The summed E-state index contributed by atoms with van der Waals surface area (Å²) in [4.78, 5) is 19.3. The predicted octanol–water partition coefficient (Wildman–Crippen LogP) is 3.19. The number of nitrogens with zero attached hydrogens (tertiary/aromatic N) is 2. The van der Waals surface area contributed by atoms with Crippen LogP contribution in [0.1, 0.15) is 19.3 Å². The molecule has 1 aromatic heterocycles. The van der Waals surface area contributed by atoms with Crippen LogP contribution < -0.4 is 10.9 Å². The van der Waals surface area contributed by atoms with Crippen molar-refractivity contribution >= 4 is 23.3 Å². The van der Waals surface area contributed by atoms with E-state index in [2.05, 4.69) is 15.4 Å². The molecule has 23 heavy (non-hydrogen) atoms. The monoisotopic (exact) mass is 358 g/mol. The Morgan fingerprint density at radius 1 is 1.26 bits per heavy atom. The molecule has 1 heterocycles. The number of carbonyl (C=O) groups excluding carboxylic acids is 1. The van der Waals surface area contributed by atoms with Crippen LogP contribution in [0, 0.1) is 11.8 Å². The highest BCUT2D eigenvalue weighted by molar-refractivity contribution is 6.31. The first-order chi connectivity index (χ1) is 10.6. The van der Waals surface area contributed by atoms with E-state index in [4.69, 9.17) is 11.6 Å². The molecule has 2 atom stereocenters. The number of hydrogen-bond acceptors (Lipinski definition) is 4.